The monoisotopic (exact) mass is 290 g/mol. The van der Waals surface area contributed by atoms with Crippen LogP contribution >= 0.6 is 0 Å². The minimum Gasteiger partial charge on any atom is -0.298 e. The topological polar surface area (TPSA) is 121 Å². The van der Waals surface area contributed by atoms with E-state index in [2.05, 4.69) is 5.10 Å². The molecular formula is C12H10N4O5. The molecule has 0 spiro atoms. The number of benzene rings is 1. The molecule has 2 rings (SSSR count). The summed E-state index contributed by atoms with van der Waals surface area (Å²) in [5.41, 5.74) is 0.423. The van der Waals surface area contributed by atoms with Crippen molar-refractivity contribution in [1.82, 2.24) is 9.78 Å². The molecular weight excluding hydrogens is 280 g/mol. The first-order valence-corrected chi connectivity index (χ1v) is 5.81. The zero-order valence-electron chi connectivity index (χ0n) is 11.1. The minimum atomic E-state index is -0.723. The number of aromatic nitrogens is 2. The standard InChI is InChI=1S/C12H10N4O5/c1-7-10(6-17)8(2)14(13-7)11-4-3-9(15(18)19)5-12(11)16(20)21/h3-6H,1-2H3. The van der Waals surface area contributed by atoms with Gasteiger partial charge in [-0.25, -0.2) is 4.68 Å². The van der Waals surface area contributed by atoms with Gasteiger partial charge in [-0.2, -0.15) is 5.10 Å². The van der Waals surface area contributed by atoms with Gasteiger partial charge >= 0.3 is 5.69 Å². The molecule has 0 atom stereocenters. The molecule has 21 heavy (non-hydrogen) atoms. The van der Waals surface area contributed by atoms with Crippen LogP contribution in [0.25, 0.3) is 5.69 Å². The second kappa shape index (κ2) is 5.12. The SMILES string of the molecule is Cc1nn(-c2ccc([N+](=O)[O-])cc2[N+](=O)[O-])c(C)c1C=O. The third-order valence-corrected chi connectivity index (χ3v) is 3.06. The summed E-state index contributed by atoms with van der Waals surface area (Å²) >= 11 is 0. The molecule has 0 radical (unpaired) electrons. The lowest BCUT2D eigenvalue weighted by Gasteiger charge is -2.05. The summed E-state index contributed by atoms with van der Waals surface area (Å²) in [6.45, 7) is 3.19. The van der Waals surface area contributed by atoms with Crippen LogP contribution in [0, 0.1) is 34.1 Å². The number of nitro benzene ring substituents is 2. The summed E-state index contributed by atoms with van der Waals surface area (Å²) in [6.07, 6.45) is 0.616. The number of carbonyl (C=O) groups excluding carboxylic acids is 1. The van der Waals surface area contributed by atoms with Crippen LogP contribution in [0.1, 0.15) is 21.7 Å². The maximum atomic E-state index is 11.1. The second-order valence-corrected chi connectivity index (χ2v) is 4.30. The predicted molar refractivity (Wildman–Crippen MR) is 71.7 cm³/mol. The fraction of sp³-hybridized carbons (Fsp3) is 0.167. The Kier molecular flexibility index (Phi) is 3.49. The smallest absolute Gasteiger partial charge is 0.298 e. The Balaban J connectivity index is 2.72. The van der Waals surface area contributed by atoms with Crippen molar-refractivity contribution in [2.75, 3.05) is 0 Å². The van der Waals surface area contributed by atoms with Crippen molar-refractivity contribution in [3.8, 4) is 5.69 Å². The number of rotatable bonds is 4. The van der Waals surface area contributed by atoms with Gasteiger partial charge < -0.3 is 0 Å². The van der Waals surface area contributed by atoms with Crippen LogP contribution in [0.3, 0.4) is 0 Å². The highest BCUT2D eigenvalue weighted by Gasteiger charge is 2.23. The van der Waals surface area contributed by atoms with Gasteiger partial charge in [-0.1, -0.05) is 0 Å². The van der Waals surface area contributed by atoms with E-state index in [1.165, 1.54) is 10.7 Å². The number of hydrogen-bond acceptors (Lipinski definition) is 6. The molecule has 0 bridgehead atoms. The van der Waals surface area contributed by atoms with Crippen LogP contribution in [0.5, 0.6) is 0 Å². The van der Waals surface area contributed by atoms with E-state index in [0.717, 1.165) is 12.1 Å². The van der Waals surface area contributed by atoms with Gasteiger partial charge in [0.05, 0.1) is 32.9 Å². The first-order chi connectivity index (χ1) is 9.86. The van der Waals surface area contributed by atoms with Gasteiger partial charge in [0, 0.05) is 6.07 Å². The van der Waals surface area contributed by atoms with E-state index in [0.29, 0.717) is 23.2 Å². The minimum absolute atomic E-state index is 0.0688. The van der Waals surface area contributed by atoms with Crippen LogP contribution in [0.4, 0.5) is 11.4 Å². The first-order valence-electron chi connectivity index (χ1n) is 5.81. The highest BCUT2D eigenvalue weighted by atomic mass is 16.6. The fourth-order valence-electron chi connectivity index (χ4n) is 2.01. The van der Waals surface area contributed by atoms with Crippen molar-refractivity contribution in [2.24, 2.45) is 0 Å². The average molecular weight is 290 g/mol. The van der Waals surface area contributed by atoms with Gasteiger partial charge in [-0.05, 0) is 19.9 Å². The zero-order valence-corrected chi connectivity index (χ0v) is 11.1. The summed E-state index contributed by atoms with van der Waals surface area (Å²) in [6, 6.07) is 3.26. The summed E-state index contributed by atoms with van der Waals surface area (Å²) in [7, 11) is 0. The second-order valence-electron chi connectivity index (χ2n) is 4.30. The maximum Gasteiger partial charge on any atom is 0.301 e. The van der Waals surface area contributed by atoms with Crippen LogP contribution in [-0.4, -0.2) is 25.9 Å². The molecule has 0 aliphatic heterocycles. The molecule has 0 saturated carbocycles. The molecule has 0 aliphatic carbocycles. The molecule has 0 fully saturated rings. The molecule has 9 nitrogen and oxygen atoms in total. The molecule has 108 valence electrons. The number of aldehydes is 1. The molecule has 0 aliphatic rings. The van der Waals surface area contributed by atoms with Crippen molar-refractivity contribution in [2.45, 2.75) is 13.8 Å². The Morgan fingerprint density at radius 1 is 1.19 bits per heavy atom. The largest absolute Gasteiger partial charge is 0.301 e. The van der Waals surface area contributed by atoms with Gasteiger partial charge in [0.25, 0.3) is 5.69 Å². The highest BCUT2D eigenvalue weighted by Crippen LogP contribution is 2.29. The molecule has 1 aromatic carbocycles. The third-order valence-electron chi connectivity index (χ3n) is 3.06. The van der Waals surface area contributed by atoms with Gasteiger partial charge in [0.2, 0.25) is 0 Å². The third kappa shape index (κ3) is 2.36. The number of non-ortho nitro benzene ring substituents is 1. The molecule has 0 N–H and O–H groups in total. The summed E-state index contributed by atoms with van der Waals surface area (Å²) in [5.74, 6) is 0. The van der Waals surface area contributed by atoms with E-state index in [1.54, 1.807) is 13.8 Å². The summed E-state index contributed by atoms with van der Waals surface area (Å²) in [5, 5.41) is 25.9. The number of carbonyl (C=O) groups is 1. The molecule has 2 aromatic rings. The molecule has 1 heterocycles. The van der Waals surface area contributed by atoms with Gasteiger partial charge in [0.15, 0.2) is 6.29 Å². The van der Waals surface area contributed by atoms with Gasteiger partial charge in [-0.15, -0.1) is 0 Å². The van der Waals surface area contributed by atoms with Gasteiger partial charge in [0.1, 0.15) is 5.69 Å². The summed E-state index contributed by atoms with van der Waals surface area (Å²) in [4.78, 5) is 31.4. The number of nitrogens with zero attached hydrogens (tertiary/aromatic N) is 4. The normalized spacial score (nSPS) is 10.4. The lowest BCUT2D eigenvalue weighted by Crippen LogP contribution is -2.04. The first kappa shape index (κ1) is 14.3. The van der Waals surface area contributed by atoms with E-state index >= 15 is 0 Å². The zero-order chi connectivity index (χ0) is 15.7. The number of nitro groups is 2. The van der Waals surface area contributed by atoms with E-state index < -0.39 is 15.5 Å². The lowest BCUT2D eigenvalue weighted by molar-refractivity contribution is -0.394. The molecule has 1 aromatic heterocycles. The highest BCUT2D eigenvalue weighted by molar-refractivity contribution is 5.78. The average Bonchev–Trinajstić information content (AvgIpc) is 2.72. The number of aryl methyl sites for hydroxylation is 1. The number of hydrogen-bond donors (Lipinski definition) is 0. The van der Waals surface area contributed by atoms with Crippen molar-refractivity contribution in [3.63, 3.8) is 0 Å². The molecule has 0 unspecified atom stereocenters. The van der Waals surface area contributed by atoms with Crippen molar-refractivity contribution in [1.29, 1.82) is 0 Å². The van der Waals surface area contributed by atoms with Crippen molar-refractivity contribution in [3.05, 3.63) is 55.4 Å². The van der Waals surface area contributed by atoms with Crippen LogP contribution < -0.4 is 0 Å². The summed E-state index contributed by atoms with van der Waals surface area (Å²) < 4.78 is 1.24. The molecule has 0 amide bonds. The van der Waals surface area contributed by atoms with E-state index in [4.69, 9.17) is 0 Å². The van der Waals surface area contributed by atoms with Crippen LogP contribution in [0.15, 0.2) is 18.2 Å². The Morgan fingerprint density at radius 3 is 2.33 bits per heavy atom. The Morgan fingerprint density at radius 2 is 1.86 bits per heavy atom. The Bertz CT molecular complexity index is 765. The van der Waals surface area contributed by atoms with Crippen molar-refractivity contribution >= 4 is 17.7 Å². The molecule has 9 heteroatoms. The maximum absolute atomic E-state index is 11.1. The quantitative estimate of drug-likeness (QED) is 0.483. The van der Waals surface area contributed by atoms with Crippen molar-refractivity contribution < 1.29 is 14.6 Å². The Labute approximate surface area is 118 Å². The molecule has 0 saturated heterocycles. The van der Waals surface area contributed by atoms with E-state index in [9.17, 15) is 25.0 Å². The van der Waals surface area contributed by atoms with Crippen LogP contribution in [-0.2, 0) is 0 Å². The lowest BCUT2D eigenvalue weighted by atomic mass is 10.2. The van der Waals surface area contributed by atoms with E-state index in [-0.39, 0.29) is 11.4 Å². The van der Waals surface area contributed by atoms with Crippen LogP contribution in [0.2, 0.25) is 0 Å². The van der Waals surface area contributed by atoms with Gasteiger partial charge in [-0.3, -0.25) is 25.0 Å². The van der Waals surface area contributed by atoms with E-state index in [1.807, 2.05) is 0 Å². The predicted octanol–water partition coefficient (Wildman–Crippen LogP) is 2.12. The fourth-order valence-corrected chi connectivity index (χ4v) is 2.01. The Hall–Kier alpha value is -3.10.